The number of unbranched alkanes of at least 4 members (excludes halogenated alkanes) is 2. The zero-order valence-electron chi connectivity index (χ0n) is 20.9. The fourth-order valence-corrected chi connectivity index (χ4v) is 1.97. The Labute approximate surface area is 190 Å². The van der Waals surface area contributed by atoms with Crippen molar-refractivity contribution in [3.05, 3.63) is 66.1 Å². The summed E-state index contributed by atoms with van der Waals surface area (Å²) in [7, 11) is 0. The first-order valence-corrected chi connectivity index (χ1v) is 11.6. The van der Waals surface area contributed by atoms with Crippen LogP contribution in [0, 0.1) is 13.8 Å². The smallest absolute Gasteiger partial charge is 0.227 e. The van der Waals surface area contributed by atoms with E-state index >= 15 is 0 Å². The molecular weight excluding hydrogens is 380 g/mol. The SMILES string of the molecule is CC.CCCC.CCCC.Cc1ccc(Nc2nccc(-c3ccc(C)nc3)n2)cc1. The van der Waals surface area contributed by atoms with Gasteiger partial charge in [0.1, 0.15) is 0 Å². The Morgan fingerprint density at radius 1 is 0.710 bits per heavy atom. The molecule has 2 aromatic heterocycles. The first-order valence-electron chi connectivity index (χ1n) is 11.6. The van der Waals surface area contributed by atoms with Gasteiger partial charge >= 0.3 is 0 Å². The van der Waals surface area contributed by atoms with Crippen LogP contribution in [-0.2, 0) is 0 Å². The molecular formula is C27H42N4. The molecule has 0 aliphatic heterocycles. The largest absolute Gasteiger partial charge is 0.324 e. The quantitative estimate of drug-likeness (QED) is 0.447. The van der Waals surface area contributed by atoms with E-state index < -0.39 is 0 Å². The van der Waals surface area contributed by atoms with E-state index in [1.54, 1.807) is 6.20 Å². The van der Waals surface area contributed by atoms with Crippen LogP contribution in [0.3, 0.4) is 0 Å². The molecule has 0 atom stereocenters. The molecule has 4 heteroatoms. The van der Waals surface area contributed by atoms with Gasteiger partial charge in [0.05, 0.1) is 5.69 Å². The van der Waals surface area contributed by atoms with Crippen LogP contribution in [0.15, 0.2) is 54.9 Å². The number of pyridine rings is 1. The van der Waals surface area contributed by atoms with E-state index in [2.05, 4.69) is 67.0 Å². The van der Waals surface area contributed by atoms with Gasteiger partial charge in [-0.25, -0.2) is 9.97 Å². The average molecular weight is 423 g/mol. The number of hydrogen-bond donors (Lipinski definition) is 1. The molecule has 0 amide bonds. The third kappa shape index (κ3) is 12.5. The van der Waals surface area contributed by atoms with Crippen molar-refractivity contribution in [2.45, 2.75) is 81.1 Å². The molecule has 170 valence electrons. The zero-order valence-corrected chi connectivity index (χ0v) is 20.9. The fourth-order valence-electron chi connectivity index (χ4n) is 1.97. The maximum Gasteiger partial charge on any atom is 0.227 e. The lowest BCUT2D eigenvalue weighted by atomic mass is 10.2. The maximum atomic E-state index is 4.53. The van der Waals surface area contributed by atoms with E-state index in [1.165, 1.54) is 31.2 Å². The standard InChI is InChI=1S/C17H16N4.2C4H10.C2H6/c1-12-3-7-15(8-4-12)20-17-18-10-9-16(21-17)14-6-5-13(2)19-11-14;2*1-3-4-2;1-2/h3-11H,1-2H3,(H,18,20,21);2*3-4H2,1-2H3;1-2H3. The van der Waals surface area contributed by atoms with E-state index in [1.807, 2.05) is 57.3 Å². The highest BCUT2D eigenvalue weighted by molar-refractivity contribution is 5.61. The van der Waals surface area contributed by atoms with Gasteiger partial charge in [-0.1, -0.05) is 84.9 Å². The molecule has 1 N–H and O–H groups in total. The van der Waals surface area contributed by atoms with Crippen molar-refractivity contribution >= 4 is 11.6 Å². The summed E-state index contributed by atoms with van der Waals surface area (Å²) in [6.07, 6.45) is 8.85. The molecule has 31 heavy (non-hydrogen) atoms. The van der Waals surface area contributed by atoms with Gasteiger partial charge in [-0.3, -0.25) is 4.98 Å². The highest BCUT2D eigenvalue weighted by atomic mass is 15.1. The molecule has 0 aliphatic carbocycles. The molecule has 3 aromatic rings. The van der Waals surface area contributed by atoms with Crippen molar-refractivity contribution < 1.29 is 0 Å². The zero-order chi connectivity index (χ0) is 23.5. The molecule has 0 saturated carbocycles. The summed E-state index contributed by atoms with van der Waals surface area (Å²) in [5.74, 6) is 0.580. The summed E-state index contributed by atoms with van der Waals surface area (Å²) >= 11 is 0. The van der Waals surface area contributed by atoms with Crippen LogP contribution in [0.1, 0.15) is 78.5 Å². The lowest BCUT2D eigenvalue weighted by Crippen LogP contribution is -1.98. The van der Waals surface area contributed by atoms with Crippen molar-refractivity contribution in [2.24, 2.45) is 0 Å². The van der Waals surface area contributed by atoms with Gasteiger partial charge in [0.15, 0.2) is 0 Å². The molecule has 0 spiro atoms. The summed E-state index contributed by atoms with van der Waals surface area (Å²) in [6.45, 7) is 16.7. The monoisotopic (exact) mass is 422 g/mol. The number of benzene rings is 1. The molecule has 0 fully saturated rings. The summed E-state index contributed by atoms with van der Waals surface area (Å²) in [6, 6.07) is 14.0. The first kappa shape index (κ1) is 28.2. The highest BCUT2D eigenvalue weighted by Crippen LogP contribution is 2.19. The number of aromatic nitrogens is 3. The number of anilines is 2. The second-order valence-corrected chi connectivity index (χ2v) is 6.94. The van der Waals surface area contributed by atoms with Gasteiger partial charge in [0, 0.05) is 29.3 Å². The third-order valence-corrected chi connectivity index (χ3v) is 4.17. The van der Waals surface area contributed by atoms with Gasteiger partial charge in [0.2, 0.25) is 5.95 Å². The minimum absolute atomic E-state index is 0.580. The Morgan fingerprint density at radius 2 is 1.29 bits per heavy atom. The Bertz CT molecular complexity index is 788. The Morgan fingerprint density at radius 3 is 1.77 bits per heavy atom. The number of nitrogens with one attached hydrogen (secondary N) is 1. The Kier molecular flexibility index (Phi) is 16.5. The lowest BCUT2D eigenvalue weighted by Gasteiger charge is -2.07. The minimum Gasteiger partial charge on any atom is -0.324 e. The van der Waals surface area contributed by atoms with E-state index in [-0.39, 0.29) is 0 Å². The summed E-state index contributed by atoms with van der Waals surface area (Å²) < 4.78 is 0. The van der Waals surface area contributed by atoms with Crippen LogP contribution in [0.4, 0.5) is 11.6 Å². The molecule has 0 unspecified atom stereocenters. The van der Waals surface area contributed by atoms with Crippen molar-refractivity contribution in [1.29, 1.82) is 0 Å². The Balaban J connectivity index is 0.000000767. The lowest BCUT2D eigenvalue weighted by molar-refractivity contribution is 0.886. The molecule has 3 rings (SSSR count). The van der Waals surface area contributed by atoms with Gasteiger partial charge < -0.3 is 5.32 Å². The summed E-state index contributed by atoms with van der Waals surface area (Å²) in [4.78, 5) is 13.1. The van der Waals surface area contributed by atoms with Crippen molar-refractivity contribution in [3.8, 4) is 11.3 Å². The molecule has 1 aromatic carbocycles. The first-order chi connectivity index (χ1) is 15.0. The van der Waals surface area contributed by atoms with Crippen molar-refractivity contribution in [1.82, 2.24) is 15.0 Å². The summed E-state index contributed by atoms with van der Waals surface area (Å²) in [5, 5.41) is 3.21. The van der Waals surface area contributed by atoms with Crippen LogP contribution >= 0.6 is 0 Å². The van der Waals surface area contributed by atoms with Crippen molar-refractivity contribution in [2.75, 3.05) is 5.32 Å². The van der Waals surface area contributed by atoms with Crippen LogP contribution < -0.4 is 5.32 Å². The normalized spacial score (nSPS) is 9.16. The Hall–Kier alpha value is -2.75. The van der Waals surface area contributed by atoms with Gasteiger partial charge in [-0.15, -0.1) is 0 Å². The van der Waals surface area contributed by atoms with Gasteiger partial charge in [-0.2, -0.15) is 0 Å². The van der Waals surface area contributed by atoms with E-state index in [9.17, 15) is 0 Å². The second kappa shape index (κ2) is 18.1. The fraction of sp³-hybridized carbons (Fsp3) is 0.444. The predicted molar refractivity (Wildman–Crippen MR) is 137 cm³/mol. The van der Waals surface area contributed by atoms with Crippen LogP contribution in [0.5, 0.6) is 0 Å². The molecule has 0 saturated heterocycles. The van der Waals surface area contributed by atoms with Gasteiger partial charge in [-0.05, 0) is 44.2 Å². The molecule has 0 radical (unpaired) electrons. The number of rotatable bonds is 5. The maximum absolute atomic E-state index is 4.53. The van der Waals surface area contributed by atoms with E-state index in [0.717, 1.165) is 22.6 Å². The van der Waals surface area contributed by atoms with Crippen LogP contribution in [0.2, 0.25) is 0 Å². The van der Waals surface area contributed by atoms with E-state index in [4.69, 9.17) is 0 Å². The molecule has 4 nitrogen and oxygen atoms in total. The number of aryl methyl sites for hydroxylation is 2. The van der Waals surface area contributed by atoms with Crippen LogP contribution in [0.25, 0.3) is 11.3 Å². The number of nitrogens with zero attached hydrogens (tertiary/aromatic N) is 3. The molecule has 0 bridgehead atoms. The highest BCUT2D eigenvalue weighted by Gasteiger charge is 2.03. The average Bonchev–Trinajstić information content (AvgIpc) is 2.83. The minimum atomic E-state index is 0.580. The van der Waals surface area contributed by atoms with E-state index in [0.29, 0.717) is 5.95 Å². The van der Waals surface area contributed by atoms with Gasteiger partial charge in [0.25, 0.3) is 0 Å². The van der Waals surface area contributed by atoms with Crippen molar-refractivity contribution in [3.63, 3.8) is 0 Å². The molecule has 0 aliphatic rings. The van der Waals surface area contributed by atoms with Crippen LogP contribution in [-0.4, -0.2) is 15.0 Å². The second-order valence-electron chi connectivity index (χ2n) is 6.94. The predicted octanol–water partition coefficient (Wildman–Crippen LogP) is 8.54. The molecule has 2 heterocycles. The summed E-state index contributed by atoms with van der Waals surface area (Å²) in [5.41, 5.74) is 5.02. The number of hydrogen-bond acceptors (Lipinski definition) is 4. The topological polar surface area (TPSA) is 50.7 Å². The third-order valence-electron chi connectivity index (χ3n) is 4.17.